The van der Waals surface area contributed by atoms with E-state index in [0.29, 0.717) is 11.6 Å². The van der Waals surface area contributed by atoms with Gasteiger partial charge in [0, 0.05) is 23.7 Å². The summed E-state index contributed by atoms with van der Waals surface area (Å²) in [6.07, 6.45) is 0. The summed E-state index contributed by atoms with van der Waals surface area (Å²) in [5.74, 6) is 8.43. The van der Waals surface area contributed by atoms with E-state index < -0.39 is 0 Å². The molecule has 0 amide bonds. The van der Waals surface area contributed by atoms with Crippen molar-refractivity contribution in [2.24, 2.45) is 5.84 Å². The van der Waals surface area contributed by atoms with Crippen LogP contribution in [0, 0.1) is 0 Å². The maximum atomic E-state index is 5.44. The summed E-state index contributed by atoms with van der Waals surface area (Å²) in [4.78, 5) is 8.79. The highest BCUT2D eigenvalue weighted by atomic mass is 16.5. The largest absolute Gasteiger partial charge is 0.497 e. The zero-order chi connectivity index (χ0) is 14.5. The fraction of sp³-hybridized carbons (Fsp3) is 0.286. The van der Waals surface area contributed by atoms with Crippen molar-refractivity contribution in [1.29, 1.82) is 0 Å². The lowest BCUT2D eigenvalue weighted by Gasteiger charge is -2.12. The van der Waals surface area contributed by atoms with Gasteiger partial charge in [0.15, 0.2) is 0 Å². The molecule has 0 aliphatic carbocycles. The van der Waals surface area contributed by atoms with Crippen LogP contribution in [0.2, 0.25) is 0 Å². The number of aromatic nitrogens is 2. The number of hydrogen-bond donors (Lipinski definition) is 3. The molecule has 0 unspecified atom stereocenters. The zero-order valence-corrected chi connectivity index (χ0v) is 11.8. The van der Waals surface area contributed by atoms with Crippen LogP contribution in [0.15, 0.2) is 30.3 Å². The summed E-state index contributed by atoms with van der Waals surface area (Å²) in [5.41, 5.74) is 3.44. The summed E-state index contributed by atoms with van der Waals surface area (Å²) in [7, 11) is 1.64. The first-order chi connectivity index (χ1) is 9.62. The Labute approximate surface area is 118 Å². The average Bonchev–Trinajstić information content (AvgIpc) is 2.47. The van der Waals surface area contributed by atoms with Crippen molar-refractivity contribution in [2.75, 3.05) is 17.9 Å². The molecule has 20 heavy (non-hydrogen) atoms. The second kappa shape index (κ2) is 6.21. The van der Waals surface area contributed by atoms with Gasteiger partial charge in [0.2, 0.25) is 0 Å². The molecule has 0 saturated carbocycles. The number of methoxy groups -OCH3 is 1. The van der Waals surface area contributed by atoms with E-state index in [4.69, 9.17) is 10.6 Å². The number of hydrazine groups is 1. The minimum absolute atomic E-state index is 0.217. The number of nitrogens with two attached hydrogens (primary N) is 1. The van der Waals surface area contributed by atoms with E-state index in [1.54, 1.807) is 13.2 Å². The van der Waals surface area contributed by atoms with Gasteiger partial charge in [0.1, 0.15) is 23.2 Å². The summed E-state index contributed by atoms with van der Waals surface area (Å²) >= 11 is 0. The molecule has 2 aromatic rings. The second-order valence-electron chi connectivity index (χ2n) is 4.65. The van der Waals surface area contributed by atoms with Gasteiger partial charge in [-0.3, -0.25) is 0 Å². The van der Waals surface area contributed by atoms with Gasteiger partial charge in [-0.15, -0.1) is 0 Å². The predicted octanol–water partition coefficient (Wildman–Crippen LogP) is 2.64. The highest BCUT2D eigenvalue weighted by Crippen LogP contribution is 2.22. The third-order valence-electron chi connectivity index (χ3n) is 2.75. The number of benzene rings is 1. The molecule has 0 bridgehead atoms. The number of nitrogen functional groups attached to an aromatic ring is 1. The third kappa shape index (κ3) is 3.36. The topological polar surface area (TPSA) is 85.1 Å². The quantitative estimate of drug-likeness (QED) is 0.573. The Hall–Kier alpha value is -2.34. The molecule has 0 aliphatic rings. The first kappa shape index (κ1) is 14.1. The van der Waals surface area contributed by atoms with E-state index in [0.717, 1.165) is 17.3 Å². The van der Waals surface area contributed by atoms with Crippen molar-refractivity contribution in [2.45, 2.75) is 19.8 Å². The SMILES string of the molecule is COc1cccc(Nc2cc(NN)nc(C(C)C)n2)c1. The van der Waals surface area contributed by atoms with Crippen LogP contribution in [0.5, 0.6) is 5.75 Å². The molecular formula is C14H19N5O. The van der Waals surface area contributed by atoms with E-state index in [1.165, 1.54) is 0 Å². The maximum Gasteiger partial charge on any atom is 0.145 e. The number of anilines is 3. The van der Waals surface area contributed by atoms with Crippen molar-refractivity contribution in [3.8, 4) is 5.75 Å². The Morgan fingerprint density at radius 1 is 1.15 bits per heavy atom. The fourth-order valence-electron chi connectivity index (χ4n) is 1.71. The van der Waals surface area contributed by atoms with E-state index in [9.17, 15) is 0 Å². The summed E-state index contributed by atoms with van der Waals surface area (Å²) < 4.78 is 5.19. The van der Waals surface area contributed by atoms with Gasteiger partial charge in [-0.2, -0.15) is 0 Å². The Bertz CT molecular complexity index is 586. The normalized spacial score (nSPS) is 10.4. The molecule has 0 radical (unpaired) electrons. The molecule has 0 aliphatic heterocycles. The number of hydrogen-bond acceptors (Lipinski definition) is 6. The molecule has 0 spiro atoms. The molecule has 1 aromatic heterocycles. The van der Waals surface area contributed by atoms with Crippen LogP contribution in [0.4, 0.5) is 17.3 Å². The molecule has 6 nitrogen and oxygen atoms in total. The van der Waals surface area contributed by atoms with Crippen LogP contribution in [-0.2, 0) is 0 Å². The molecule has 2 rings (SSSR count). The minimum atomic E-state index is 0.217. The van der Waals surface area contributed by atoms with Crippen molar-refractivity contribution < 1.29 is 4.74 Å². The van der Waals surface area contributed by atoms with Crippen LogP contribution < -0.4 is 21.3 Å². The summed E-state index contributed by atoms with van der Waals surface area (Å²) in [6.45, 7) is 4.07. The van der Waals surface area contributed by atoms with Gasteiger partial charge in [0.05, 0.1) is 7.11 Å². The number of nitrogens with zero attached hydrogens (tertiary/aromatic N) is 2. The molecule has 1 heterocycles. The van der Waals surface area contributed by atoms with Crippen molar-refractivity contribution in [3.63, 3.8) is 0 Å². The van der Waals surface area contributed by atoms with E-state index >= 15 is 0 Å². The molecule has 106 valence electrons. The van der Waals surface area contributed by atoms with Crippen molar-refractivity contribution >= 4 is 17.3 Å². The van der Waals surface area contributed by atoms with Gasteiger partial charge in [-0.05, 0) is 12.1 Å². The van der Waals surface area contributed by atoms with Crippen LogP contribution in [0.3, 0.4) is 0 Å². The zero-order valence-electron chi connectivity index (χ0n) is 11.8. The van der Waals surface area contributed by atoms with Gasteiger partial charge < -0.3 is 15.5 Å². The van der Waals surface area contributed by atoms with Crippen LogP contribution in [-0.4, -0.2) is 17.1 Å². The highest BCUT2D eigenvalue weighted by molar-refractivity contribution is 5.60. The Morgan fingerprint density at radius 2 is 1.90 bits per heavy atom. The summed E-state index contributed by atoms with van der Waals surface area (Å²) in [6, 6.07) is 9.39. The predicted molar refractivity (Wildman–Crippen MR) is 80.2 cm³/mol. The Morgan fingerprint density at radius 3 is 2.55 bits per heavy atom. The van der Waals surface area contributed by atoms with Crippen LogP contribution in [0.25, 0.3) is 0 Å². The van der Waals surface area contributed by atoms with Gasteiger partial charge in [0.25, 0.3) is 0 Å². The molecular weight excluding hydrogens is 254 g/mol. The Kier molecular flexibility index (Phi) is 4.37. The van der Waals surface area contributed by atoms with Crippen molar-refractivity contribution in [3.05, 3.63) is 36.2 Å². The van der Waals surface area contributed by atoms with E-state index in [-0.39, 0.29) is 5.92 Å². The minimum Gasteiger partial charge on any atom is -0.497 e. The number of nitrogens with one attached hydrogen (secondary N) is 2. The lowest BCUT2D eigenvalue weighted by atomic mass is 10.2. The lowest BCUT2D eigenvalue weighted by Crippen LogP contribution is -2.12. The fourth-order valence-corrected chi connectivity index (χ4v) is 1.71. The number of ether oxygens (including phenoxy) is 1. The second-order valence-corrected chi connectivity index (χ2v) is 4.65. The molecule has 1 aromatic carbocycles. The molecule has 0 saturated heterocycles. The highest BCUT2D eigenvalue weighted by Gasteiger charge is 2.08. The smallest absolute Gasteiger partial charge is 0.145 e. The molecule has 0 fully saturated rings. The Balaban J connectivity index is 2.29. The molecule has 0 atom stereocenters. The first-order valence-electron chi connectivity index (χ1n) is 6.39. The monoisotopic (exact) mass is 273 g/mol. The summed E-state index contributed by atoms with van der Waals surface area (Å²) in [5, 5.41) is 3.22. The van der Waals surface area contributed by atoms with E-state index in [1.807, 2.05) is 38.1 Å². The van der Waals surface area contributed by atoms with E-state index in [2.05, 4.69) is 20.7 Å². The number of rotatable bonds is 5. The first-order valence-corrected chi connectivity index (χ1v) is 6.39. The van der Waals surface area contributed by atoms with Gasteiger partial charge >= 0.3 is 0 Å². The maximum absolute atomic E-state index is 5.44. The van der Waals surface area contributed by atoms with Crippen molar-refractivity contribution in [1.82, 2.24) is 9.97 Å². The van der Waals surface area contributed by atoms with Crippen LogP contribution >= 0.6 is 0 Å². The average molecular weight is 273 g/mol. The lowest BCUT2D eigenvalue weighted by molar-refractivity contribution is 0.415. The standard InChI is InChI=1S/C14H19N5O/c1-9(2)14-17-12(8-13(18-14)19-15)16-10-5-4-6-11(7-10)20-3/h4-9H,15H2,1-3H3,(H2,16,17,18,19). The molecule has 4 N–H and O–H groups in total. The van der Waals surface area contributed by atoms with Crippen LogP contribution in [0.1, 0.15) is 25.6 Å². The third-order valence-corrected chi connectivity index (χ3v) is 2.75. The molecule has 6 heteroatoms. The van der Waals surface area contributed by atoms with Gasteiger partial charge in [-0.1, -0.05) is 19.9 Å². The van der Waals surface area contributed by atoms with Gasteiger partial charge in [-0.25, -0.2) is 15.8 Å².